The van der Waals surface area contributed by atoms with Crippen molar-refractivity contribution in [3.63, 3.8) is 0 Å². The van der Waals surface area contributed by atoms with Crippen LogP contribution in [0.15, 0.2) is 35.1 Å². The van der Waals surface area contributed by atoms with Crippen molar-refractivity contribution in [1.29, 1.82) is 0 Å². The summed E-state index contributed by atoms with van der Waals surface area (Å²) in [5.41, 5.74) is 3.55. The number of hydrogen-bond donors (Lipinski definition) is 1. The first-order valence-corrected chi connectivity index (χ1v) is 6.59. The average molecular weight is 259 g/mol. The molecule has 2 rings (SSSR count). The summed E-state index contributed by atoms with van der Waals surface area (Å²) in [6, 6.07) is 6.27. The lowest BCUT2D eigenvalue weighted by Crippen LogP contribution is -2.18. The van der Waals surface area contributed by atoms with E-state index in [1.807, 2.05) is 13.1 Å². The Hall–Kier alpha value is -1.81. The molecular formula is C15H21N3O. The number of anilines is 1. The molecule has 0 aliphatic heterocycles. The third kappa shape index (κ3) is 3.58. The second-order valence-electron chi connectivity index (χ2n) is 4.70. The first kappa shape index (κ1) is 13.6. The standard InChI is InChI=1S/C15H21N3O/c1-4-14-7-13(9-16-2)8-15(17-14)18(3)10-12-5-6-19-11-12/h5-8,11,16H,4,9-10H2,1-3H3. The van der Waals surface area contributed by atoms with Gasteiger partial charge in [-0.25, -0.2) is 4.98 Å². The Morgan fingerprint density at radius 2 is 2.16 bits per heavy atom. The molecule has 0 aliphatic carbocycles. The number of aryl methyl sites for hydroxylation is 1. The molecule has 2 heterocycles. The number of nitrogens with one attached hydrogen (secondary N) is 1. The summed E-state index contributed by atoms with van der Waals surface area (Å²) in [5, 5.41) is 3.19. The Balaban J connectivity index is 2.19. The zero-order valence-electron chi connectivity index (χ0n) is 11.8. The van der Waals surface area contributed by atoms with E-state index < -0.39 is 0 Å². The number of pyridine rings is 1. The van der Waals surface area contributed by atoms with E-state index in [1.54, 1.807) is 12.5 Å². The summed E-state index contributed by atoms with van der Waals surface area (Å²) in [4.78, 5) is 6.82. The van der Waals surface area contributed by atoms with Gasteiger partial charge >= 0.3 is 0 Å². The van der Waals surface area contributed by atoms with Gasteiger partial charge in [0.25, 0.3) is 0 Å². The Bertz CT molecular complexity index is 508. The lowest BCUT2D eigenvalue weighted by atomic mass is 10.2. The summed E-state index contributed by atoms with van der Waals surface area (Å²) in [5.74, 6) is 1.01. The van der Waals surface area contributed by atoms with Crippen LogP contribution in [-0.2, 0) is 19.5 Å². The van der Waals surface area contributed by atoms with Crippen LogP contribution in [0.5, 0.6) is 0 Å². The Kier molecular flexibility index (Phi) is 4.58. The fourth-order valence-electron chi connectivity index (χ4n) is 2.05. The van der Waals surface area contributed by atoms with Gasteiger partial charge in [0, 0.05) is 31.4 Å². The quantitative estimate of drug-likeness (QED) is 0.865. The average Bonchev–Trinajstić information content (AvgIpc) is 2.91. The maximum absolute atomic E-state index is 5.10. The first-order valence-electron chi connectivity index (χ1n) is 6.59. The van der Waals surface area contributed by atoms with E-state index in [9.17, 15) is 0 Å². The molecule has 0 aromatic carbocycles. The van der Waals surface area contributed by atoms with Gasteiger partial charge in [-0.1, -0.05) is 6.92 Å². The van der Waals surface area contributed by atoms with Gasteiger partial charge in [0.1, 0.15) is 5.82 Å². The normalized spacial score (nSPS) is 10.7. The van der Waals surface area contributed by atoms with Crippen molar-refractivity contribution < 1.29 is 4.42 Å². The summed E-state index contributed by atoms with van der Waals surface area (Å²) >= 11 is 0. The number of hydrogen-bond acceptors (Lipinski definition) is 4. The van der Waals surface area contributed by atoms with E-state index in [0.29, 0.717) is 0 Å². The Morgan fingerprint density at radius 3 is 2.79 bits per heavy atom. The highest BCUT2D eigenvalue weighted by Gasteiger charge is 2.07. The smallest absolute Gasteiger partial charge is 0.129 e. The molecule has 0 bridgehead atoms. The van der Waals surface area contributed by atoms with Crippen molar-refractivity contribution in [1.82, 2.24) is 10.3 Å². The number of rotatable bonds is 6. The minimum absolute atomic E-state index is 0.801. The van der Waals surface area contributed by atoms with Crippen LogP contribution in [0.1, 0.15) is 23.7 Å². The first-order chi connectivity index (χ1) is 9.22. The predicted molar refractivity (Wildman–Crippen MR) is 77.2 cm³/mol. The highest BCUT2D eigenvalue weighted by Crippen LogP contribution is 2.17. The van der Waals surface area contributed by atoms with Crippen LogP contribution in [0, 0.1) is 0 Å². The Morgan fingerprint density at radius 1 is 1.32 bits per heavy atom. The van der Waals surface area contributed by atoms with Crippen molar-refractivity contribution in [3.8, 4) is 0 Å². The van der Waals surface area contributed by atoms with Crippen LogP contribution in [0.25, 0.3) is 0 Å². The predicted octanol–water partition coefficient (Wildman–Crippen LogP) is 2.59. The maximum Gasteiger partial charge on any atom is 0.129 e. The van der Waals surface area contributed by atoms with Crippen LogP contribution in [0.4, 0.5) is 5.82 Å². The molecule has 0 saturated heterocycles. The molecule has 0 radical (unpaired) electrons. The molecule has 2 aromatic heterocycles. The van der Waals surface area contributed by atoms with E-state index in [0.717, 1.165) is 36.6 Å². The molecule has 2 aromatic rings. The van der Waals surface area contributed by atoms with Crippen molar-refractivity contribution in [2.45, 2.75) is 26.4 Å². The molecule has 19 heavy (non-hydrogen) atoms. The largest absolute Gasteiger partial charge is 0.472 e. The molecule has 1 N–H and O–H groups in total. The van der Waals surface area contributed by atoms with Gasteiger partial charge in [-0.15, -0.1) is 0 Å². The highest BCUT2D eigenvalue weighted by molar-refractivity contribution is 5.42. The second kappa shape index (κ2) is 6.38. The highest BCUT2D eigenvalue weighted by atomic mass is 16.3. The van der Waals surface area contributed by atoms with Crippen LogP contribution in [0.3, 0.4) is 0 Å². The molecule has 4 nitrogen and oxygen atoms in total. The monoisotopic (exact) mass is 259 g/mol. The minimum atomic E-state index is 0.801. The lowest BCUT2D eigenvalue weighted by Gasteiger charge is -2.19. The molecule has 0 saturated carbocycles. The summed E-state index contributed by atoms with van der Waals surface area (Å²) in [7, 11) is 4.01. The van der Waals surface area contributed by atoms with Crippen LogP contribution < -0.4 is 10.2 Å². The van der Waals surface area contributed by atoms with Crippen molar-refractivity contribution >= 4 is 5.82 Å². The van der Waals surface area contributed by atoms with Crippen molar-refractivity contribution in [2.24, 2.45) is 0 Å². The Labute approximate surface area is 114 Å². The van der Waals surface area contributed by atoms with E-state index in [2.05, 4.69) is 41.3 Å². The molecule has 0 aliphatic rings. The van der Waals surface area contributed by atoms with Crippen LogP contribution in [0.2, 0.25) is 0 Å². The zero-order chi connectivity index (χ0) is 13.7. The molecule has 0 spiro atoms. The SMILES string of the molecule is CCc1cc(CNC)cc(N(C)Cc2ccoc2)n1. The van der Waals surface area contributed by atoms with E-state index >= 15 is 0 Å². The summed E-state index contributed by atoms with van der Waals surface area (Å²) in [6.45, 7) is 3.79. The topological polar surface area (TPSA) is 41.3 Å². The molecule has 0 fully saturated rings. The molecule has 0 amide bonds. The van der Waals surface area contributed by atoms with Gasteiger partial charge in [0.05, 0.1) is 12.5 Å². The van der Waals surface area contributed by atoms with Crippen LogP contribution in [-0.4, -0.2) is 19.1 Å². The van der Waals surface area contributed by atoms with Crippen LogP contribution >= 0.6 is 0 Å². The van der Waals surface area contributed by atoms with Gasteiger partial charge in [-0.05, 0) is 37.2 Å². The maximum atomic E-state index is 5.10. The molecule has 0 unspecified atom stereocenters. The molecule has 102 valence electrons. The summed E-state index contributed by atoms with van der Waals surface area (Å²) in [6.07, 6.45) is 4.42. The fraction of sp³-hybridized carbons (Fsp3) is 0.400. The summed E-state index contributed by atoms with van der Waals surface area (Å²) < 4.78 is 5.10. The van der Waals surface area contributed by atoms with E-state index in [1.165, 1.54) is 5.56 Å². The van der Waals surface area contributed by atoms with Gasteiger partial charge in [-0.3, -0.25) is 0 Å². The van der Waals surface area contributed by atoms with E-state index in [4.69, 9.17) is 4.42 Å². The van der Waals surface area contributed by atoms with Crippen molar-refractivity contribution in [3.05, 3.63) is 47.5 Å². The third-order valence-corrected chi connectivity index (χ3v) is 3.06. The van der Waals surface area contributed by atoms with Crippen molar-refractivity contribution in [2.75, 3.05) is 19.0 Å². The van der Waals surface area contributed by atoms with Gasteiger partial charge in [-0.2, -0.15) is 0 Å². The lowest BCUT2D eigenvalue weighted by molar-refractivity contribution is 0.563. The minimum Gasteiger partial charge on any atom is -0.472 e. The number of furan rings is 1. The molecule has 0 atom stereocenters. The molecular weight excluding hydrogens is 238 g/mol. The third-order valence-electron chi connectivity index (χ3n) is 3.06. The number of aromatic nitrogens is 1. The zero-order valence-corrected chi connectivity index (χ0v) is 11.8. The van der Waals surface area contributed by atoms with Gasteiger partial charge < -0.3 is 14.6 Å². The fourth-order valence-corrected chi connectivity index (χ4v) is 2.05. The van der Waals surface area contributed by atoms with Gasteiger partial charge in [0.15, 0.2) is 0 Å². The molecule has 4 heteroatoms. The second-order valence-corrected chi connectivity index (χ2v) is 4.70. The van der Waals surface area contributed by atoms with E-state index in [-0.39, 0.29) is 0 Å². The number of nitrogens with zero attached hydrogens (tertiary/aromatic N) is 2. The van der Waals surface area contributed by atoms with Gasteiger partial charge in [0.2, 0.25) is 0 Å².